The zero-order valence-electron chi connectivity index (χ0n) is 10.6. The Labute approximate surface area is 113 Å². The first kappa shape index (κ1) is 16.1. The highest BCUT2D eigenvalue weighted by atomic mass is 32.2. The fourth-order valence-corrected chi connectivity index (χ4v) is 3.02. The third-order valence-electron chi connectivity index (χ3n) is 2.31. The molecule has 0 heterocycles. The third-order valence-corrected chi connectivity index (χ3v) is 5.22. The largest absolute Gasteiger partial charge is 0.383 e. The van der Waals surface area contributed by atoms with Crippen molar-refractivity contribution in [2.45, 2.75) is 9.79 Å². The van der Waals surface area contributed by atoms with E-state index in [4.69, 9.17) is 4.74 Å². The second-order valence-corrected chi connectivity index (χ2v) is 7.22. The van der Waals surface area contributed by atoms with Gasteiger partial charge in [0.2, 0.25) is 20.0 Å². The minimum Gasteiger partial charge on any atom is -0.383 e. The first-order valence-electron chi connectivity index (χ1n) is 5.36. The van der Waals surface area contributed by atoms with Gasteiger partial charge in [0.15, 0.2) is 0 Å². The van der Waals surface area contributed by atoms with Gasteiger partial charge in [0.1, 0.15) is 0 Å². The summed E-state index contributed by atoms with van der Waals surface area (Å²) in [6.07, 6.45) is 0. The predicted molar refractivity (Wildman–Crippen MR) is 69.8 cm³/mol. The van der Waals surface area contributed by atoms with Crippen LogP contribution in [0.2, 0.25) is 0 Å². The molecule has 0 aromatic heterocycles. The van der Waals surface area contributed by atoms with Crippen LogP contribution in [0, 0.1) is 0 Å². The molecule has 0 aliphatic rings. The van der Waals surface area contributed by atoms with Crippen molar-refractivity contribution < 1.29 is 21.6 Å². The topological polar surface area (TPSA) is 102 Å². The summed E-state index contributed by atoms with van der Waals surface area (Å²) in [4.78, 5) is 0.00416. The van der Waals surface area contributed by atoms with E-state index in [1.165, 1.54) is 38.4 Å². The standard InChI is InChI=1S/C10H16N2O5S2/c1-11-18(13,14)9-3-5-10(6-4-9)19(15,16)12-7-8-17-2/h3-6,11-12H,7-8H2,1-2H3. The highest BCUT2D eigenvalue weighted by Crippen LogP contribution is 2.13. The molecule has 108 valence electrons. The van der Waals surface area contributed by atoms with Crippen molar-refractivity contribution in [2.75, 3.05) is 27.3 Å². The molecule has 0 saturated heterocycles. The SMILES string of the molecule is CNS(=O)(=O)c1ccc(S(=O)(=O)NCCOC)cc1. The molecule has 9 heteroatoms. The van der Waals surface area contributed by atoms with Crippen LogP contribution in [0.5, 0.6) is 0 Å². The Balaban J connectivity index is 2.93. The van der Waals surface area contributed by atoms with E-state index in [0.717, 1.165) is 0 Å². The van der Waals surface area contributed by atoms with Gasteiger partial charge in [0.05, 0.1) is 16.4 Å². The molecule has 0 bridgehead atoms. The molecule has 7 nitrogen and oxygen atoms in total. The second-order valence-electron chi connectivity index (χ2n) is 3.57. The molecular weight excluding hydrogens is 292 g/mol. The molecule has 1 rings (SSSR count). The Morgan fingerprint density at radius 2 is 1.47 bits per heavy atom. The van der Waals surface area contributed by atoms with Crippen LogP contribution >= 0.6 is 0 Å². The molecule has 0 fully saturated rings. The van der Waals surface area contributed by atoms with Gasteiger partial charge in [0, 0.05) is 13.7 Å². The zero-order valence-corrected chi connectivity index (χ0v) is 12.2. The molecule has 0 spiro atoms. The lowest BCUT2D eigenvalue weighted by molar-refractivity contribution is 0.204. The molecule has 0 aliphatic carbocycles. The Bertz CT molecular complexity index is 608. The summed E-state index contributed by atoms with van der Waals surface area (Å²) >= 11 is 0. The van der Waals surface area contributed by atoms with Crippen molar-refractivity contribution in [1.29, 1.82) is 0 Å². The summed E-state index contributed by atoms with van der Waals surface area (Å²) in [5.41, 5.74) is 0. The zero-order chi connectivity index (χ0) is 14.5. The van der Waals surface area contributed by atoms with Crippen LogP contribution in [0.15, 0.2) is 34.1 Å². The number of ether oxygens (including phenoxy) is 1. The summed E-state index contributed by atoms with van der Waals surface area (Å²) in [5, 5.41) is 0. The van der Waals surface area contributed by atoms with E-state index in [1.54, 1.807) is 0 Å². The molecule has 1 aromatic carbocycles. The van der Waals surface area contributed by atoms with Gasteiger partial charge in [-0.2, -0.15) is 0 Å². The van der Waals surface area contributed by atoms with Gasteiger partial charge in [-0.15, -0.1) is 0 Å². The van der Waals surface area contributed by atoms with E-state index in [0.29, 0.717) is 0 Å². The quantitative estimate of drug-likeness (QED) is 0.662. The molecule has 1 aromatic rings. The summed E-state index contributed by atoms with van der Waals surface area (Å²) < 4.78 is 55.8. The normalized spacial score (nSPS) is 12.5. The summed E-state index contributed by atoms with van der Waals surface area (Å²) in [5.74, 6) is 0. The van der Waals surface area contributed by atoms with Crippen LogP contribution < -0.4 is 9.44 Å². The number of nitrogens with one attached hydrogen (secondary N) is 2. The molecule has 0 radical (unpaired) electrons. The molecule has 0 unspecified atom stereocenters. The monoisotopic (exact) mass is 308 g/mol. The molecule has 0 saturated carbocycles. The van der Waals surface area contributed by atoms with Crippen LogP contribution in [0.3, 0.4) is 0 Å². The van der Waals surface area contributed by atoms with Gasteiger partial charge >= 0.3 is 0 Å². The Hall–Kier alpha value is -1.00. The highest BCUT2D eigenvalue weighted by Gasteiger charge is 2.16. The molecule has 0 atom stereocenters. The molecular formula is C10H16N2O5S2. The van der Waals surface area contributed by atoms with E-state index in [9.17, 15) is 16.8 Å². The second kappa shape index (κ2) is 6.44. The van der Waals surface area contributed by atoms with Gasteiger partial charge < -0.3 is 4.74 Å². The number of hydrogen-bond acceptors (Lipinski definition) is 5. The maximum Gasteiger partial charge on any atom is 0.240 e. The van der Waals surface area contributed by atoms with E-state index in [-0.39, 0.29) is 22.9 Å². The first-order valence-corrected chi connectivity index (χ1v) is 8.32. The highest BCUT2D eigenvalue weighted by molar-refractivity contribution is 7.90. The lowest BCUT2D eigenvalue weighted by atomic mass is 10.4. The van der Waals surface area contributed by atoms with E-state index < -0.39 is 20.0 Å². The van der Waals surface area contributed by atoms with Crippen molar-refractivity contribution in [3.05, 3.63) is 24.3 Å². The Morgan fingerprint density at radius 1 is 1.00 bits per heavy atom. The van der Waals surface area contributed by atoms with Crippen molar-refractivity contribution in [2.24, 2.45) is 0 Å². The minimum atomic E-state index is -3.65. The van der Waals surface area contributed by atoms with Gasteiger partial charge in [-0.25, -0.2) is 26.3 Å². The van der Waals surface area contributed by atoms with Crippen LogP contribution in [-0.2, 0) is 24.8 Å². The average molecular weight is 308 g/mol. The van der Waals surface area contributed by atoms with E-state index >= 15 is 0 Å². The van der Waals surface area contributed by atoms with Crippen LogP contribution in [0.1, 0.15) is 0 Å². The number of sulfonamides is 2. The van der Waals surface area contributed by atoms with Crippen molar-refractivity contribution >= 4 is 20.0 Å². The Morgan fingerprint density at radius 3 is 1.89 bits per heavy atom. The predicted octanol–water partition coefficient (Wildman–Crippen LogP) is -0.481. The summed E-state index contributed by atoms with van der Waals surface area (Å²) in [6.45, 7) is 0.404. The van der Waals surface area contributed by atoms with E-state index in [2.05, 4.69) is 9.44 Å². The number of hydrogen-bond donors (Lipinski definition) is 2. The molecule has 19 heavy (non-hydrogen) atoms. The van der Waals surface area contributed by atoms with Crippen LogP contribution in [-0.4, -0.2) is 44.1 Å². The lowest BCUT2D eigenvalue weighted by Crippen LogP contribution is -2.27. The fraction of sp³-hybridized carbons (Fsp3) is 0.400. The van der Waals surface area contributed by atoms with Gasteiger partial charge in [-0.1, -0.05) is 0 Å². The fourth-order valence-electron chi connectivity index (χ4n) is 1.28. The van der Waals surface area contributed by atoms with Crippen molar-refractivity contribution in [1.82, 2.24) is 9.44 Å². The average Bonchev–Trinajstić information content (AvgIpc) is 2.39. The van der Waals surface area contributed by atoms with Gasteiger partial charge in [-0.3, -0.25) is 0 Å². The van der Waals surface area contributed by atoms with Crippen molar-refractivity contribution in [3.63, 3.8) is 0 Å². The first-order chi connectivity index (χ1) is 8.83. The maximum atomic E-state index is 11.8. The molecule has 0 aliphatic heterocycles. The van der Waals surface area contributed by atoms with Gasteiger partial charge in [-0.05, 0) is 31.3 Å². The van der Waals surface area contributed by atoms with Crippen LogP contribution in [0.25, 0.3) is 0 Å². The third kappa shape index (κ3) is 4.25. The number of methoxy groups -OCH3 is 1. The summed E-state index contributed by atoms with van der Waals surface area (Å²) in [6, 6.07) is 4.94. The maximum absolute atomic E-state index is 11.8. The number of benzene rings is 1. The minimum absolute atomic E-state index is 0.00124. The molecule has 0 amide bonds. The Kier molecular flexibility index (Phi) is 5.44. The summed E-state index contributed by atoms with van der Waals surface area (Å²) in [7, 11) is -4.47. The lowest BCUT2D eigenvalue weighted by Gasteiger charge is -2.07. The van der Waals surface area contributed by atoms with E-state index in [1.807, 2.05) is 0 Å². The van der Waals surface area contributed by atoms with Crippen LogP contribution in [0.4, 0.5) is 0 Å². The molecule has 2 N–H and O–H groups in total. The smallest absolute Gasteiger partial charge is 0.240 e. The van der Waals surface area contributed by atoms with Gasteiger partial charge in [0.25, 0.3) is 0 Å². The number of rotatable bonds is 7. The van der Waals surface area contributed by atoms with Crippen molar-refractivity contribution in [3.8, 4) is 0 Å².